The molecule has 0 aliphatic heterocycles. The first-order chi connectivity index (χ1) is 10.7. The normalized spacial score (nSPS) is 23.0. The second-order valence-electron chi connectivity index (χ2n) is 9.36. The van der Waals surface area contributed by atoms with E-state index in [-0.39, 0.29) is 23.3 Å². The van der Waals surface area contributed by atoms with Crippen molar-refractivity contribution >= 4 is 14.3 Å². The molecule has 0 aromatic heterocycles. The molecule has 0 heterocycles. The lowest BCUT2D eigenvalue weighted by atomic mass is 9.84. The molecule has 0 spiro atoms. The number of ether oxygens (including phenoxy) is 1. The van der Waals surface area contributed by atoms with Crippen LogP contribution in [-0.2, 0) is 14.0 Å². The van der Waals surface area contributed by atoms with Gasteiger partial charge in [0.25, 0.3) is 0 Å². The van der Waals surface area contributed by atoms with Crippen molar-refractivity contribution < 1.29 is 19.1 Å². The van der Waals surface area contributed by atoms with E-state index in [0.717, 1.165) is 18.4 Å². The number of hydrogen-bond donors (Lipinski definition) is 1. The van der Waals surface area contributed by atoms with Crippen LogP contribution in [0.15, 0.2) is 11.6 Å². The molecule has 0 aromatic carbocycles. The van der Waals surface area contributed by atoms with Gasteiger partial charge in [0.05, 0.1) is 12.5 Å². The highest BCUT2D eigenvalue weighted by Crippen LogP contribution is 2.38. The zero-order valence-corrected chi connectivity index (χ0v) is 17.7. The molecule has 140 valence electrons. The van der Waals surface area contributed by atoms with Crippen LogP contribution in [-0.4, -0.2) is 37.7 Å². The van der Waals surface area contributed by atoms with Crippen molar-refractivity contribution in [3.63, 3.8) is 0 Å². The Hall–Kier alpha value is -0.653. The van der Waals surface area contributed by atoms with Crippen molar-refractivity contribution in [1.29, 1.82) is 0 Å². The van der Waals surface area contributed by atoms with E-state index in [4.69, 9.17) is 9.16 Å². The molecule has 1 aliphatic rings. The van der Waals surface area contributed by atoms with Crippen LogP contribution in [0.25, 0.3) is 0 Å². The largest absolute Gasteiger partial charge is 0.460 e. The Morgan fingerprint density at radius 1 is 1.25 bits per heavy atom. The first kappa shape index (κ1) is 21.4. The molecule has 2 atom stereocenters. The molecule has 0 radical (unpaired) electrons. The number of aliphatic hydroxyl groups is 1. The smallest absolute Gasteiger partial charge is 0.310 e. The summed E-state index contributed by atoms with van der Waals surface area (Å²) in [6, 6.07) is 0. The second-order valence-corrected chi connectivity index (χ2v) is 14.2. The third-order valence-electron chi connectivity index (χ3n) is 5.01. The maximum absolute atomic E-state index is 12.2. The molecule has 5 heteroatoms. The fourth-order valence-electron chi connectivity index (χ4n) is 2.52. The van der Waals surface area contributed by atoms with Gasteiger partial charge in [0, 0.05) is 12.5 Å². The molecular formula is C19H36O4Si. The van der Waals surface area contributed by atoms with E-state index in [0.29, 0.717) is 6.61 Å². The van der Waals surface area contributed by atoms with Crippen molar-refractivity contribution in [3.05, 3.63) is 11.6 Å². The molecule has 0 bridgehead atoms. The minimum Gasteiger partial charge on any atom is -0.460 e. The van der Waals surface area contributed by atoms with Gasteiger partial charge in [-0.3, -0.25) is 4.79 Å². The van der Waals surface area contributed by atoms with Gasteiger partial charge in [0.15, 0.2) is 8.32 Å². The van der Waals surface area contributed by atoms with Gasteiger partial charge in [-0.25, -0.2) is 0 Å². The summed E-state index contributed by atoms with van der Waals surface area (Å²) in [5.74, 6) is -0.347. The molecular weight excluding hydrogens is 320 g/mol. The highest BCUT2D eigenvalue weighted by atomic mass is 28.4. The van der Waals surface area contributed by atoms with Crippen LogP contribution in [0.2, 0.25) is 18.1 Å². The molecule has 0 amide bonds. The van der Waals surface area contributed by atoms with Gasteiger partial charge in [-0.1, -0.05) is 32.4 Å². The number of allylic oxidation sites excluding steroid dienone is 1. The summed E-state index contributed by atoms with van der Waals surface area (Å²) in [5.41, 5.74) is 0.472. The molecule has 1 aliphatic carbocycles. The highest BCUT2D eigenvalue weighted by Gasteiger charge is 2.39. The number of hydrogen-bond acceptors (Lipinski definition) is 4. The monoisotopic (exact) mass is 356 g/mol. The first-order valence-corrected chi connectivity index (χ1v) is 11.9. The summed E-state index contributed by atoms with van der Waals surface area (Å²) < 4.78 is 11.7. The van der Waals surface area contributed by atoms with Crippen molar-refractivity contribution in [1.82, 2.24) is 0 Å². The Balaban J connectivity index is 2.77. The van der Waals surface area contributed by atoms with Crippen molar-refractivity contribution in [2.45, 2.75) is 90.6 Å². The van der Waals surface area contributed by atoms with E-state index in [2.05, 4.69) is 39.9 Å². The SMILES string of the molecule is CC(C)(C)OC(=O)CC1=CCCC(O)C1CO[Si](C)(C)C(C)(C)C. The Morgan fingerprint density at radius 3 is 2.33 bits per heavy atom. The number of rotatable bonds is 5. The second kappa shape index (κ2) is 7.71. The number of esters is 1. The predicted molar refractivity (Wildman–Crippen MR) is 100 cm³/mol. The summed E-state index contributed by atoms with van der Waals surface area (Å²) in [5, 5.41) is 10.6. The number of carbonyl (C=O) groups is 1. The zero-order chi connectivity index (χ0) is 18.8. The minimum atomic E-state index is -1.88. The molecule has 0 saturated heterocycles. The lowest BCUT2D eigenvalue weighted by molar-refractivity contribution is -0.154. The summed E-state index contributed by atoms with van der Waals surface area (Å²) in [6.45, 7) is 17.1. The first-order valence-electron chi connectivity index (χ1n) is 8.96. The van der Waals surface area contributed by atoms with Gasteiger partial charge in [-0.15, -0.1) is 0 Å². The highest BCUT2D eigenvalue weighted by molar-refractivity contribution is 6.74. The molecule has 4 nitrogen and oxygen atoms in total. The maximum atomic E-state index is 12.2. The molecule has 0 aromatic rings. The van der Waals surface area contributed by atoms with E-state index >= 15 is 0 Å². The number of aliphatic hydroxyl groups excluding tert-OH is 1. The van der Waals surface area contributed by atoms with E-state index in [1.165, 1.54) is 0 Å². The maximum Gasteiger partial charge on any atom is 0.310 e. The van der Waals surface area contributed by atoms with Crippen LogP contribution in [0.3, 0.4) is 0 Å². The van der Waals surface area contributed by atoms with Gasteiger partial charge in [-0.05, 0) is 51.7 Å². The van der Waals surface area contributed by atoms with E-state index < -0.39 is 20.0 Å². The van der Waals surface area contributed by atoms with Gasteiger partial charge < -0.3 is 14.3 Å². The summed E-state index contributed by atoms with van der Waals surface area (Å²) in [6.07, 6.45) is 3.40. The van der Waals surface area contributed by atoms with Crippen LogP contribution in [0.4, 0.5) is 0 Å². The summed E-state index contributed by atoms with van der Waals surface area (Å²) in [4.78, 5) is 12.2. The van der Waals surface area contributed by atoms with E-state index in [1.807, 2.05) is 20.8 Å². The van der Waals surface area contributed by atoms with Crippen LogP contribution in [0, 0.1) is 5.92 Å². The third kappa shape index (κ3) is 6.34. The fourth-order valence-corrected chi connectivity index (χ4v) is 3.55. The quantitative estimate of drug-likeness (QED) is 0.449. The van der Waals surface area contributed by atoms with Gasteiger partial charge in [0.1, 0.15) is 5.60 Å². The van der Waals surface area contributed by atoms with E-state index in [1.54, 1.807) is 0 Å². The van der Waals surface area contributed by atoms with E-state index in [9.17, 15) is 9.90 Å². The topological polar surface area (TPSA) is 55.8 Å². The van der Waals surface area contributed by atoms with Crippen molar-refractivity contribution in [3.8, 4) is 0 Å². The van der Waals surface area contributed by atoms with Crippen molar-refractivity contribution in [2.75, 3.05) is 6.61 Å². The molecule has 1 N–H and O–H groups in total. The standard InChI is InChI=1S/C19H36O4Si/c1-18(2,3)23-17(21)12-14-10-9-11-16(20)15(14)13-22-24(7,8)19(4,5)6/h10,15-16,20H,9,11-13H2,1-8H3. The Kier molecular flexibility index (Phi) is 6.87. The van der Waals surface area contributed by atoms with Gasteiger partial charge in [0.2, 0.25) is 0 Å². The van der Waals surface area contributed by atoms with Gasteiger partial charge >= 0.3 is 5.97 Å². The Labute approximate surface area is 148 Å². The van der Waals surface area contributed by atoms with Crippen molar-refractivity contribution in [2.24, 2.45) is 5.92 Å². The van der Waals surface area contributed by atoms with Crippen LogP contribution in [0.1, 0.15) is 60.8 Å². The van der Waals surface area contributed by atoms with Crippen LogP contribution >= 0.6 is 0 Å². The van der Waals surface area contributed by atoms with Crippen LogP contribution < -0.4 is 0 Å². The zero-order valence-electron chi connectivity index (χ0n) is 16.7. The lowest BCUT2D eigenvalue weighted by Gasteiger charge is -2.39. The van der Waals surface area contributed by atoms with Crippen LogP contribution in [0.5, 0.6) is 0 Å². The molecule has 24 heavy (non-hydrogen) atoms. The summed E-state index contributed by atoms with van der Waals surface area (Å²) >= 11 is 0. The molecule has 0 fully saturated rings. The van der Waals surface area contributed by atoms with Gasteiger partial charge in [-0.2, -0.15) is 0 Å². The lowest BCUT2D eigenvalue weighted by Crippen LogP contribution is -2.43. The Morgan fingerprint density at radius 2 is 1.83 bits per heavy atom. The Bertz CT molecular complexity index is 469. The molecule has 1 rings (SSSR count). The number of carbonyl (C=O) groups excluding carboxylic acids is 1. The minimum absolute atomic E-state index is 0.111. The third-order valence-corrected chi connectivity index (χ3v) is 9.51. The summed E-state index contributed by atoms with van der Waals surface area (Å²) in [7, 11) is -1.88. The average molecular weight is 357 g/mol. The molecule has 0 saturated carbocycles. The molecule has 2 unspecified atom stereocenters. The fraction of sp³-hybridized carbons (Fsp3) is 0.842. The predicted octanol–water partition coefficient (Wildman–Crippen LogP) is 4.44. The average Bonchev–Trinajstić information content (AvgIpc) is 2.34.